The molecule has 1 amide bonds. The Balaban J connectivity index is 1.79. The van der Waals surface area contributed by atoms with Crippen molar-refractivity contribution in [1.29, 1.82) is 0 Å². The maximum atomic E-state index is 13.0. The monoisotopic (exact) mass is 331 g/mol. The van der Waals surface area contributed by atoms with Gasteiger partial charge in [0.15, 0.2) is 0 Å². The van der Waals surface area contributed by atoms with E-state index in [1.165, 1.54) is 11.1 Å². The van der Waals surface area contributed by atoms with Gasteiger partial charge in [-0.1, -0.05) is 42.5 Å². The van der Waals surface area contributed by atoms with Gasteiger partial charge in [0.25, 0.3) is 5.91 Å². The first-order valence-electron chi connectivity index (χ1n) is 8.04. The van der Waals surface area contributed by atoms with Gasteiger partial charge in [0.05, 0.1) is 11.4 Å². The predicted octanol–water partition coefficient (Wildman–Crippen LogP) is 5.22. The number of para-hydroxylation sites is 2. The maximum Gasteiger partial charge on any atom is 0.255 e. The summed E-state index contributed by atoms with van der Waals surface area (Å²) < 4.78 is 0. The average Bonchev–Trinajstić information content (AvgIpc) is 3.08. The summed E-state index contributed by atoms with van der Waals surface area (Å²) in [5.74, 6) is -0.00907. The van der Waals surface area contributed by atoms with Gasteiger partial charge in [-0.3, -0.25) is 9.69 Å². The molecule has 3 heteroatoms. The molecule has 2 heterocycles. The number of fused-ring (bicyclic) bond motifs is 2. The molecule has 1 aromatic heterocycles. The molecule has 0 atom stereocenters. The Bertz CT molecular complexity index is 848. The zero-order valence-electron chi connectivity index (χ0n) is 13.2. The molecule has 0 fully saturated rings. The first-order chi connectivity index (χ1) is 11.8. The Morgan fingerprint density at radius 2 is 1.50 bits per heavy atom. The third kappa shape index (κ3) is 2.79. The van der Waals surface area contributed by atoms with Gasteiger partial charge in [0.2, 0.25) is 0 Å². The number of hydrogen-bond acceptors (Lipinski definition) is 2. The molecule has 0 aliphatic carbocycles. The molecule has 0 saturated heterocycles. The number of carbonyl (C=O) groups excluding carboxylic acids is 1. The van der Waals surface area contributed by atoms with Crippen molar-refractivity contribution in [3.63, 3.8) is 0 Å². The van der Waals surface area contributed by atoms with E-state index in [2.05, 4.69) is 12.1 Å². The Morgan fingerprint density at radius 3 is 2.08 bits per heavy atom. The van der Waals surface area contributed by atoms with Gasteiger partial charge in [-0.2, -0.15) is 0 Å². The molecule has 0 radical (unpaired) electrons. The molecule has 0 spiro atoms. The largest absolute Gasteiger partial charge is 0.277 e. The van der Waals surface area contributed by atoms with Crippen LogP contribution in [-0.4, -0.2) is 5.91 Å². The van der Waals surface area contributed by atoms with Crippen LogP contribution in [0.2, 0.25) is 0 Å². The number of rotatable bonds is 2. The molecule has 1 aliphatic heterocycles. The van der Waals surface area contributed by atoms with Crippen LogP contribution in [0.25, 0.3) is 6.08 Å². The Labute approximate surface area is 145 Å². The highest BCUT2D eigenvalue weighted by molar-refractivity contribution is 7.10. The quantitative estimate of drug-likeness (QED) is 0.589. The average molecular weight is 331 g/mol. The molecule has 2 aromatic carbocycles. The lowest BCUT2D eigenvalue weighted by atomic mass is 10.0. The number of nitrogens with zero attached hydrogens (tertiary/aromatic N) is 1. The minimum Gasteiger partial charge on any atom is -0.277 e. The van der Waals surface area contributed by atoms with Gasteiger partial charge in [0.1, 0.15) is 0 Å². The third-order valence-electron chi connectivity index (χ3n) is 4.28. The van der Waals surface area contributed by atoms with Gasteiger partial charge in [0, 0.05) is 11.0 Å². The molecule has 1 aliphatic rings. The summed E-state index contributed by atoms with van der Waals surface area (Å²) in [5.41, 5.74) is 4.41. The molecule has 0 saturated carbocycles. The number of benzene rings is 2. The topological polar surface area (TPSA) is 20.3 Å². The van der Waals surface area contributed by atoms with Crippen molar-refractivity contribution in [1.82, 2.24) is 0 Å². The summed E-state index contributed by atoms with van der Waals surface area (Å²) in [7, 11) is 0. The molecule has 0 unspecified atom stereocenters. The number of thiophene rings is 1. The van der Waals surface area contributed by atoms with E-state index in [-0.39, 0.29) is 5.91 Å². The lowest BCUT2D eigenvalue weighted by Gasteiger charge is -2.23. The molecule has 0 N–H and O–H groups in total. The van der Waals surface area contributed by atoms with Crippen molar-refractivity contribution >= 4 is 34.7 Å². The van der Waals surface area contributed by atoms with Gasteiger partial charge >= 0.3 is 0 Å². The molecular formula is C21H17NOS. The summed E-state index contributed by atoms with van der Waals surface area (Å²) in [6, 6.07) is 20.4. The van der Waals surface area contributed by atoms with Crippen LogP contribution in [-0.2, 0) is 17.6 Å². The van der Waals surface area contributed by atoms with Crippen molar-refractivity contribution in [2.45, 2.75) is 12.8 Å². The Morgan fingerprint density at radius 1 is 0.875 bits per heavy atom. The predicted molar refractivity (Wildman–Crippen MR) is 101 cm³/mol. The van der Waals surface area contributed by atoms with Crippen LogP contribution in [0.3, 0.4) is 0 Å². The van der Waals surface area contributed by atoms with Crippen molar-refractivity contribution < 1.29 is 4.79 Å². The number of anilines is 2. The number of aryl methyl sites for hydroxylation is 2. The first-order valence-corrected chi connectivity index (χ1v) is 8.92. The van der Waals surface area contributed by atoms with E-state index < -0.39 is 0 Å². The highest BCUT2D eigenvalue weighted by Crippen LogP contribution is 2.36. The first kappa shape index (κ1) is 14.9. The SMILES string of the molecule is O=C(C=Cc1cccs1)N1c2ccccc2CCc2ccccc21. The molecule has 2 nitrogen and oxygen atoms in total. The van der Waals surface area contributed by atoms with Crippen LogP contribution >= 0.6 is 11.3 Å². The van der Waals surface area contributed by atoms with E-state index in [0.29, 0.717) is 0 Å². The van der Waals surface area contributed by atoms with Crippen LogP contribution in [0, 0.1) is 0 Å². The van der Waals surface area contributed by atoms with E-state index in [4.69, 9.17) is 0 Å². The summed E-state index contributed by atoms with van der Waals surface area (Å²) in [6.45, 7) is 0. The molecular weight excluding hydrogens is 314 g/mol. The second kappa shape index (κ2) is 6.46. The van der Waals surface area contributed by atoms with E-state index >= 15 is 0 Å². The fourth-order valence-corrected chi connectivity index (χ4v) is 3.75. The normalized spacial score (nSPS) is 13.4. The third-order valence-corrected chi connectivity index (χ3v) is 5.12. The fraction of sp³-hybridized carbons (Fsp3) is 0.0952. The highest BCUT2D eigenvalue weighted by atomic mass is 32.1. The van der Waals surface area contributed by atoms with Crippen LogP contribution in [0.5, 0.6) is 0 Å². The van der Waals surface area contributed by atoms with Gasteiger partial charge in [-0.25, -0.2) is 0 Å². The van der Waals surface area contributed by atoms with Crippen molar-refractivity contribution in [2.75, 3.05) is 4.90 Å². The summed E-state index contributed by atoms with van der Waals surface area (Å²) in [6.07, 6.45) is 5.46. The van der Waals surface area contributed by atoms with Crippen molar-refractivity contribution in [3.8, 4) is 0 Å². The minimum absolute atomic E-state index is 0.00907. The second-order valence-electron chi connectivity index (χ2n) is 5.78. The number of amides is 1. The summed E-state index contributed by atoms with van der Waals surface area (Å²) in [5, 5.41) is 2.01. The second-order valence-corrected chi connectivity index (χ2v) is 6.76. The van der Waals surface area contributed by atoms with Crippen LogP contribution < -0.4 is 4.90 Å². The fourth-order valence-electron chi connectivity index (χ4n) is 3.13. The minimum atomic E-state index is -0.00907. The molecule has 118 valence electrons. The Hall–Kier alpha value is -2.65. The van der Waals surface area contributed by atoms with Gasteiger partial charge in [-0.15, -0.1) is 11.3 Å². The van der Waals surface area contributed by atoms with Crippen molar-refractivity contribution in [2.24, 2.45) is 0 Å². The summed E-state index contributed by atoms with van der Waals surface area (Å²) >= 11 is 1.63. The van der Waals surface area contributed by atoms with E-state index in [9.17, 15) is 4.79 Å². The van der Waals surface area contributed by atoms with Gasteiger partial charge < -0.3 is 0 Å². The lowest BCUT2D eigenvalue weighted by molar-refractivity contribution is -0.113. The number of carbonyl (C=O) groups is 1. The zero-order valence-corrected chi connectivity index (χ0v) is 14.0. The smallest absolute Gasteiger partial charge is 0.255 e. The molecule has 24 heavy (non-hydrogen) atoms. The summed E-state index contributed by atoms with van der Waals surface area (Å²) in [4.78, 5) is 15.9. The Kier molecular flexibility index (Phi) is 4.01. The molecule has 3 aromatic rings. The highest BCUT2D eigenvalue weighted by Gasteiger charge is 2.23. The van der Waals surface area contributed by atoms with E-state index in [1.54, 1.807) is 17.4 Å². The van der Waals surface area contributed by atoms with Crippen LogP contribution in [0.1, 0.15) is 16.0 Å². The van der Waals surface area contributed by atoms with Crippen LogP contribution in [0.15, 0.2) is 72.1 Å². The zero-order chi connectivity index (χ0) is 16.4. The van der Waals surface area contributed by atoms with Crippen LogP contribution in [0.4, 0.5) is 11.4 Å². The van der Waals surface area contributed by atoms with E-state index in [0.717, 1.165) is 29.1 Å². The van der Waals surface area contributed by atoms with Crippen molar-refractivity contribution in [3.05, 3.63) is 88.1 Å². The molecule has 4 rings (SSSR count). The molecule has 0 bridgehead atoms. The van der Waals surface area contributed by atoms with Gasteiger partial charge in [-0.05, 0) is 53.6 Å². The number of hydrogen-bond donors (Lipinski definition) is 0. The maximum absolute atomic E-state index is 13.0. The van der Waals surface area contributed by atoms with E-state index in [1.807, 2.05) is 64.9 Å². The standard InChI is InChI=1S/C21H17NOS/c23-21(14-13-18-8-5-15-24-18)22-19-9-3-1-6-16(19)11-12-17-7-2-4-10-20(17)22/h1-10,13-15H,11-12H2. The lowest BCUT2D eigenvalue weighted by Crippen LogP contribution is -2.24.